The Morgan fingerprint density at radius 1 is 1.12 bits per heavy atom. The van der Waals surface area contributed by atoms with Crippen molar-refractivity contribution in [1.29, 1.82) is 0 Å². The number of nitrogen functional groups attached to an aromatic ring is 1. The Morgan fingerprint density at radius 2 is 1.93 bits per heavy atom. The summed E-state index contributed by atoms with van der Waals surface area (Å²) in [6.45, 7) is 4.41. The molecule has 212 valence electrons. The third-order valence-electron chi connectivity index (χ3n) is 8.08. The molecule has 3 aliphatic rings. The van der Waals surface area contributed by atoms with Crippen molar-refractivity contribution in [2.75, 3.05) is 37.2 Å². The van der Waals surface area contributed by atoms with Gasteiger partial charge in [0.05, 0.1) is 16.8 Å². The summed E-state index contributed by atoms with van der Waals surface area (Å²) in [5, 5.41) is 17.5. The van der Waals surface area contributed by atoms with Crippen LogP contribution in [-0.2, 0) is 6.54 Å². The fourth-order valence-electron chi connectivity index (χ4n) is 5.85. The van der Waals surface area contributed by atoms with Gasteiger partial charge >= 0.3 is 5.69 Å². The Hall–Kier alpha value is -4.71. The van der Waals surface area contributed by atoms with Gasteiger partial charge in [-0.15, -0.1) is 0 Å². The molecule has 41 heavy (non-hydrogen) atoms. The highest BCUT2D eigenvalue weighted by Crippen LogP contribution is 2.30. The SMILES string of the molecule is Nc1nc(NCCCn2cc(C(=O)N[C@H]3CN4CCC3CC4)c(-c3ccc(-n4ccnc4)cc3)c2)ccc1[N+](=O)[O-]. The zero-order valence-electron chi connectivity index (χ0n) is 22.6. The Labute approximate surface area is 237 Å². The first-order valence-electron chi connectivity index (χ1n) is 13.9. The lowest BCUT2D eigenvalue weighted by molar-refractivity contribution is -0.384. The minimum Gasteiger partial charge on any atom is -0.378 e. The van der Waals surface area contributed by atoms with Crippen molar-refractivity contribution in [1.82, 2.24) is 29.3 Å². The summed E-state index contributed by atoms with van der Waals surface area (Å²) < 4.78 is 3.99. The van der Waals surface area contributed by atoms with Crippen LogP contribution in [0.4, 0.5) is 17.3 Å². The molecule has 3 saturated heterocycles. The summed E-state index contributed by atoms with van der Waals surface area (Å²) in [7, 11) is 0. The summed E-state index contributed by atoms with van der Waals surface area (Å²) in [4.78, 5) is 34.7. The molecule has 3 fully saturated rings. The van der Waals surface area contributed by atoms with Gasteiger partial charge < -0.3 is 30.4 Å². The zero-order chi connectivity index (χ0) is 28.3. The molecule has 7 rings (SSSR count). The summed E-state index contributed by atoms with van der Waals surface area (Å²) >= 11 is 0. The first kappa shape index (κ1) is 26.5. The molecule has 0 unspecified atom stereocenters. The molecular weight excluding hydrogens is 522 g/mol. The van der Waals surface area contributed by atoms with Crippen LogP contribution in [0.25, 0.3) is 16.8 Å². The summed E-state index contributed by atoms with van der Waals surface area (Å²) in [6, 6.07) is 11.2. The minimum absolute atomic E-state index is 0.0418. The van der Waals surface area contributed by atoms with Crippen LogP contribution in [0.3, 0.4) is 0 Å². The summed E-state index contributed by atoms with van der Waals surface area (Å²) in [6.07, 6.45) is 12.4. The zero-order valence-corrected chi connectivity index (χ0v) is 22.6. The second kappa shape index (κ2) is 11.4. The van der Waals surface area contributed by atoms with E-state index >= 15 is 0 Å². The number of nitrogens with zero attached hydrogens (tertiary/aromatic N) is 6. The molecule has 12 heteroatoms. The number of nitro groups is 1. The number of pyridine rings is 1. The number of carbonyl (C=O) groups excluding carboxylic acids is 1. The normalized spacial score (nSPS) is 19.7. The van der Waals surface area contributed by atoms with Gasteiger partial charge in [0.1, 0.15) is 5.82 Å². The number of piperidine rings is 3. The van der Waals surface area contributed by atoms with E-state index in [1.54, 1.807) is 18.6 Å². The maximum atomic E-state index is 13.6. The molecule has 1 atom stereocenters. The first-order chi connectivity index (χ1) is 19.9. The second-order valence-electron chi connectivity index (χ2n) is 10.7. The van der Waals surface area contributed by atoms with Crippen molar-refractivity contribution in [2.45, 2.75) is 31.8 Å². The molecular formula is C29H33N9O3. The van der Waals surface area contributed by atoms with Crippen LogP contribution in [0.15, 0.2) is 67.5 Å². The number of hydrogen-bond acceptors (Lipinski definition) is 8. The molecule has 0 saturated carbocycles. The molecule has 6 heterocycles. The second-order valence-corrected chi connectivity index (χ2v) is 10.7. The van der Waals surface area contributed by atoms with E-state index in [9.17, 15) is 14.9 Å². The molecule has 0 spiro atoms. The van der Waals surface area contributed by atoms with E-state index in [2.05, 4.69) is 25.5 Å². The van der Waals surface area contributed by atoms with Crippen LogP contribution in [0, 0.1) is 16.0 Å². The van der Waals surface area contributed by atoms with Gasteiger partial charge in [-0.2, -0.15) is 0 Å². The lowest BCUT2D eigenvalue weighted by Crippen LogP contribution is -2.57. The Bertz CT molecular complexity index is 1520. The number of hydrogen-bond donors (Lipinski definition) is 3. The van der Waals surface area contributed by atoms with Crippen LogP contribution in [0.5, 0.6) is 0 Å². The van der Waals surface area contributed by atoms with E-state index < -0.39 is 4.92 Å². The summed E-state index contributed by atoms with van der Waals surface area (Å²) in [5.41, 5.74) is 9.00. The van der Waals surface area contributed by atoms with Gasteiger partial charge in [-0.05, 0) is 62.0 Å². The number of rotatable bonds is 10. The molecule has 2 bridgehead atoms. The van der Waals surface area contributed by atoms with Crippen LogP contribution < -0.4 is 16.4 Å². The number of carbonyl (C=O) groups is 1. The molecule has 0 aliphatic carbocycles. The molecule has 12 nitrogen and oxygen atoms in total. The Balaban J connectivity index is 1.17. The number of aromatic nitrogens is 4. The maximum absolute atomic E-state index is 13.6. The lowest BCUT2D eigenvalue weighted by Gasteiger charge is -2.44. The van der Waals surface area contributed by atoms with E-state index in [4.69, 9.17) is 5.73 Å². The fourth-order valence-corrected chi connectivity index (χ4v) is 5.85. The molecule has 4 N–H and O–H groups in total. The highest BCUT2D eigenvalue weighted by molar-refractivity contribution is 6.01. The summed E-state index contributed by atoms with van der Waals surface area (Å²) in [5.74, 6) is 0.863. The quantitative estimate of drug-likeness (QED) is 0.153. The average molecular weight is 556 g/mol. The number of amides is 1. The van der Waals surface area contributed by atoms with Crippen molar-refractivity contribution >= 4 is 23.2 Å². The highest BCUT2D eigenvalue weighted by Gasteiger charge is 2.35. The number of nitrogens with two attached hydrogens (primary N) is 1. The van der Waals surface area contributed by atoms with Gasteiger partial charge in [-0.25, -0.2) is 9.97 Å². The number of fused-ring (bicyclic) bond motifs is 3. The van der Waals surface area contributed by atoms with Crippen molar-refractivity contribution in [3.8, 4) is 16.8 Å². The van der Waals surface area contributed by atoms with Gasteiger partial charge in [-0.1, -0.05) is 12.1 Å². The predicted molar refractivity (Wildman–Crippen MR) is 156 cm³/mol. The number of aryl methyl sites for hydroxylation is 1. The van der Waals surface area contributed by atoms with E-state index in [1.165, 1.54) is 6.07 Å². The van der Waals surface area contributed by atoms with Gasteiger partial charge in [0, 0.05) is 67.8 Å². The molecule has 3 aromatic heterocycles. The van der Waals surface area contributed by atoms with Crippen LogP contribution in [-0.4, -0.2) is 67.1 Å². The van der Waals surface area contributed by atoms with Crippen molar-refractivity contribution < 1.29 is 9.72 Å². The number of anilines is 2. The van der Waals surface area contributed by atoms with E-state index in [-0.39, 0.29) is 23.5 Å². The van der Waals surface area contributed by atoms with Gasteiger partial charge in [0.25, 0.3) is 5.91 Å². The monoisotopic (exact) mass is 555 g/mol. The van der Waals surface area contributed by atoms with Crippen LogP contribution in [0.1, 0.15) is 29.6 Å². The maximum Gasteiger partial charge on any atom is 0.311 e. The van der Waals surface area contributed by atoms with E-state index in [0.29, 0.717) is 30.4 Å². The smallest absolute Gasteiger partial charge is 0.311 e. The molecule has 0 radical (unpaired) electrons. The number of imidazole rings is 1. The Morgan fingerprint density at radius 3 is 2.59 bits per heavy atom. The van der Waals surface area contributed by atoms with Gasteiger partial charge in [0.15, 0.2) is 0 Å². The van der Waals surface area contributed by atoms with Gasteiger partial charge in [0.2, 0.25) is 5.82 Å². The Kier molecular flexibility index (Phi) is 7.38. The van der Waals surface area contributed by atoms with Crippen molar-refractivity contribution in [3.05, 3.63) is 83.2 Å². The van der Waals surface area contributed by atoms with E-state index in [1.807, 2.05) is 52.0 Å². The number of nitrogens with one attached hydrogen (secondary N) is 2. The third-order valence-corrected chi connectivity index (χ3v) is 8.08. The third kappa shape index (κ3) is 5.78. The predicted octanol–water partition coefficient (Wildman–Crippen LogP) is 3.55. The first-order valence-corrected chi connectivity index (χ1v) is 13.9. The van der Waals surface area contributed by atoms with Crippen molar-refractivity contribution in [2.24, 2.45) is 5.92 Å². The average Bonchev–Trinajstić information content (AvgIpc) is 3.67. The molecule has 1 amide bonds. The van der Waals surface area contributed by atoms with Crippen molar-refractivity contribution in [3.63, 3.8) is 0 Å². The lowest BCUT2D eigenvalue weighted by atomic mass is 9.84. The van der Waals surface area contributed by atoms with Crippen LogP contribution >= 0.6 is 0 Å². The van der Waals surface area contributed by atoms with Crippen LogP contribution in [0.2, 0.25) is 0 Å². The fraction of sp³-hybridized carbons (Fsp3) is 0.345. The number of benzene rings is 1. The molecule has 3 aliphatic heterocycles. The van der Waals surface area contributed by atoms with Gasteiger partial charge in [-0.3, -0.25) is 14.9 Å². The standard InChI is InChI=1S/C29H33N9O3/c30-28-26(38(40)41)6-7-27(34-28)32-10-1-12-36-16-23(20-2-4-22(5-3-20)37-15-11-31-19-37)24(17-36)29(39)33-25-18-35-13-8-21(25)9-14-35/h2-7,11,15-17,19,21,25H,1,8-10,12-14,18H2,(H,33,39)(H3,30,32,34)/t25-/m0/s1. The topological polar surface area (TPSA) is 149 Å². The highest BCUT2D eigenvalue weighted by atomic mass is 16.6. The molecule has 4 aromatic rings. The molecule has 1 aromatic carbocycles. The van der Waals surface area contributed by atoms with E-state index in [0.717, 1.165) is 55.7 Å². The minimum atomic E-state index is -0.550. The largest absolute Gasteiger partial charge is 0.378 e.